The van der Waals surface area contributed by atoms with E-state index >= 15 is 0 Å². The van der Waals surface area contributed by atoms with E-state index in [0.29, 0.717) is 21.6 Å². The van der Waals surface area contributed by atoms with Crippen molar-refractivity contribution < 1.29 is 4.79 Å². The molecule has 1 N–H and O–H groups in total. The number of halogens is 2. The lowest BCUT2D eigenvalue weighted by molar-refractivity contribution is 0.0940. The van der Waals surface area contributed by atoms with Gasteiger partial charge in [0.05, 0.1) is 6.04 Å². The number of anilines is 2. The minimum atomic E-state index is -0.0937. The summed E-state index contributed by atoms with van der Waals surface area (Å²) >= 11 is 14.1. The van der Waals surface area contributed by atoms with Gasteiger partial charge in [-0.2, -0.15) is 0 Å². The number of thioether (sulfide) groups is 1. The van der Waals surface area contributed by atoms with Crippen molar-refractivity contribution in [3.05, 3.63) is 112 Å². The van der Waals surface area contributed by atoms with Crippen LogP contribution < -0.4 is 15.1 Å². The molecule has 3 aromatic carbocycles. The molecule has 1 aromatic heterocycles. The molecule has 0 saturated carbocycles. The largest absolute Gasteiger partial charge is 0.368 e. The number of piperazine rings is 1. The Kier molecular flexibility index (Phi) is 8.91. The Morgan fingerprint density at radius 2 is 1.62 bits per heavy atom. The summed E-state index contributed by atoms with van der Waals surface area (Å²) in [7, 11) is 0. The van der Waals surface area contributed by atoms with Crippen LogP contribution in [0.5, 0.6) is 0 Å². The number of carbonyl (C=O) groups is 1. The molecule has 0 aliphatic carbocycles. The molecule has 1 amide bonds. The molecule has 5 rings (SSSR count). The average Bonchev–Trinajstić information content (AvgIpc) is 2.96. The summed E-state index contributed by atoms with van der Waals surface area (Å²) < 4.78 is 0. The van der Waals surface area contributed by atoms with Crippen molar-refractivity contribution >= 4 is 52.4 Å². The molecule has 0 bridgehead atoms. The molecule has 0 radical (unpaired) electrons. The molecule has 4 aromatic rings. The van der Waals surface area contributed by atoms with Crippen molar-refractivity contribution in [3.8, 4) is 0 Å². The van der Waals surface area contributed by atoms with Crippen LogP contribution in [0.4, 0.5) is 11.5 Å². The fourth-order valence-electron chi connectivity index (χ4n) is 4.48. The van der Waals surface area contributed by atoms with E-state index in [1.54, 1.807) is 0 Å². The van der Waals surface area contributed by atoms with E-state index in [4.69, 9.17) is 28.2 Å². The van der Waals surface area contributed by atoms with E-state index in [1.165, 1.54) is 11.8 Å². The molecule has 1 fully saturated rings. The topological polar surface area (TPSA) is 61.4 Å². The number of carbonyl (C=O) groups excluding carboxylic acids is 1. The van der Waals surface area contributed by atoms with E-state index in [0.717, 1.165) is 53.8 Å². The van der Waals surface area contributed by atoms with Crippen molar-refractivity contribution in [2.75, 3.05) is 36.0 Å². The maximum atomic E-state index is 12.7. The quantitative estimate of drug-likeness (QED) is 0.140. The maximum absolute atomic E-state index is 12.7. The third-order valence-corrected chi connectivity index (χ3v) is 8.02. The van der Waals surface area contributed by atoms with Gasteiger partial charge in [0.2, 0.25) is 0 Å². The van der Waals surface area contributed by atoms with Gasteiger partial charge in [0.1, 0.15) is 11.0 Å². The third-order valence-electron chi connectivity index (χ3n) is 6.67. The number of rotatable bonds is 8. The zero-order chi connectivity index (χ0) is 27.2. The Hall–Kier alpha value is -3.26. The smallest absolute Gasteiger partial charge is 0.251 e. The fourth-order valence-corrected chi connectivity index (χ4v) is 5.71. The van der Waals surface area contributed by atoms with Crippen LogP contribution in [0.15, 0.2) is 90.1 Å². The van der Waals surface area contributed by atoms with Crippen LogP contribution >= 0.6 is 35.0 Å². The Balaban J connectivity index is 1.16. The third kappa shape index (κ3) is 7.24. The van der Waals surface area contributed by atoms with Gasteiger partial charge >= 0.3 is 0 Å². The molecule has 1 atom stereocenters. The molecular weight excluding hydrogens is 549 g/mol. The minimum absolute atomic E-state index is 0.0667. The SMILES string of the molecule is CC(NC(=O)c1ccc(CSc2nc(Cl)cc(N3CCN(c4cccc(Cl)c4)CC3)n2)cc1)c1ccccc1. The monoisotopic (exact) mass is 577 g/mol. The van der Waals surface area contributed by atoms with Gasteiger partial charge in [-0.05, 0) is 48.4 Å². The predicted molar refractivity (Wildman–Crippen MR) is 161 cm³/mol. The maximum Gasteiger partial charge on any atom is 0.251 e. The van der Waals surface area contributed by atoms with Crippen LogP contribution in [0.1, 0.15) is 34.5 Å². The van der Waals surface area contributed by atoms with Crippen LogP contribution in [0.25, 0.3) is 0 Å². The second-order valence-corrected chi connectivity index (χ2v) is 11.1. The van der Waals surface area contributed by atoms with E-state index in [9.17, 15) is 4.79 Å². The zero-order valence-corrected chi connectivity index (χ0v) is 23.9. The fraction of sp³-hybridized carbons (Fsp3) is 0.233. The van der Waals surface area contributed by atoms with E-state index in [1.807, 2.05) is 85.8 Å². The number of nitrogens with one attached hydrogen (secondary N) is 1. The molecule has 1 unspecified atom stereocenters. The molecule has 6 nitrogen and oxygen atoms in total. The van der Waals surface area contributed by atoms with Gasteiger partial charge in [-0.3, -0.25) is 4.79 Å². The van der Waals surface area contributed by atoms with E-state index in [-0.39, 0.29) is 11.9 Å². The molecule has 1 aliphatic heterocycles. The number of amides is 1. The summed E-state index contributed by atoms with van der Waals surface area (Å²) in [6.45, 7) is 5.38. The molecule has 39 heavy (non-hydrogen) atoms. The minimum Gasteiger partial charge on any atom is -0.368 e. The Bertz CT molecular complexity index is 1410. The van der Waals surface area contributed by atoms with Crippen molar-refractivity contribution in [1.29, 1.82) is 0 Å². The van der Waals surface area contributed by atoms with Crippen molar-refractivity contribution in [2.24, 2.45) is 0 Å². The summed E-state index contributed by atoms with van der Waals surface area (Å²) in [5.41, 5.74) is 3.91. The summed E-state index contributed by atoms with van der Waals surface area (Å²) in [5, 5.41) is 4.86. The first-order chi connectivity index (χ1) is 18.9. The highest BCUT2D eigenvalue weighted by molar-refractivity contribution is 7.98. The summed E-state index contributed by atoms with van der Waals surface area (Å²) in [6.07, 6.45) is 0. The predicted octanol–water partition coefficient (Wildman–Crippen LogP) is 6.89. The highest BCUT2D eigenvalue weighted by atomic mass is 35.5. The number of benzene rings is 3. The first-order valence-corrected chi connectivity index (χ1v) is 14.6. The van der Waals surface area contributed by atoms with Crippen LogP contribution in [0, 0.1) is 0 Å². The van der Waals surface area contributed by atoms with Crippen LogP contribution in [0.2, 0.25) is 10.2 Å². The summed E-state index contributed by atoms with van der Waals surface area (Å²) in [4.78, 5) is 26.5. The second kappa shape index (κ2) is 12.7. The normalized spacial score (nSPS) is 14.2. The second-order valence-electron chi connectivity index (χ2n) is 9.38. The first-order valence-electron chi connectivity index (χ1n) is 12.8. The highest BCUT2D eigenvalue weighted by Crippen LogP contribution is 2.27. The molecule has 1 saturated heterocycles. The number of hydrogen-bond donors (Lipinski definition) is 1. The lowest BCUT2D eigenvalue weighted by atomic mass is 10.1. The lowest BCUT2D eigenvalue weighted by Gasteiger charge is -2.36. The van der Waals surface area contributed by atoms with Gasteiger partial charge in [-0.1, -0.05) is 83.5 Å². The van der Waals surface area contributed by atoms with Crippen LogP contribution in [-0.2, 0) is 5.75 Å². The number of nitrogens with zero attached hydrogens (tertiary/aromatic N) is 4. The van der Waals surface area contributed by atoms with E-state index in [2.05, 4.69) is 26.2 Å². The molecule has 9 heteroatoms. The van der Waals surface area contributed by atoms with Crippen LogP contribution in [-0.4, -0.2) is 42.1 Å². The Morgan fingerprint density at radius 1 is 0.897 bits per heavy atom. The lowest BCUT2D eigenvalue weighted by Crippen LogP contribution is -2.46. The van der Waals surface area contributed by atoms with Crippen LogP contribution in [0.3, 0.4) is 0 Å². The molecule has 1 aliphatic rings. The van der Waals surface area contributed by atoms with Gasteiger partial charge in [0.25, 0.3) is 5.91 Å². The number of hydrogen-bond acceptors (Lipinski definition) is 6. The van der Waals surface area contributed by atoms with Gasteiger partial charge in [-0.15, -0.1) is 0 Å². The van der Waals surface area contributed by atoms with E-state index < -0.39 is 0 Å². The molecular formula is C30H29Cl2N5OS. The Labute approximate surface area is 243 Å². The number of aromatic nitrogens is 2. The first kappa shape index (κ1) is 27.3. The standard InChI is InChI=1S/C30H29Cl2N5OS/c1-21(23-6-3-2-4-7-23)33-29(38)24-12-10-22(11-13-24)20-39-30-34-27(32)19-28(35-30)37-16-14-36(15-17-37)26-9-5-8-25(31)18-26/h2-13,18-19,21H,14-17,20H2,1H3,(H,33,38). The summed E-state index contributed by atoms with van der Waals surface area (Å²) in [6, 6.07) is 27.3. The Morgan fingerprint density at radius 3 is 2.33 bits per heavy atom. The van der Waals surface area contributed by atoms with Gasteiger partial charge in [0, 0.05) is 54.3 Å². The van der Waals surface area contributed by atoms with Gasteiger partial charge in [-0.25, -0.2) is 9.97 Å². The molecule has 0 spiro atoms. The van der Waals surface area contributed by atoms with Gasteiger partial charge in [0.15, 0.2) is 5.16 Å². The summed E-state index contributed by atoms with van der Waals surface area (Å²) in [5.74, 6) is 1.41. The molecule has 2 heterocycles. The zero-order valence-electron chi connectivity index (χ0n) is 21.6. The average molecular weight is 579 g/mol. The van der Waals surface area contributed by atoms with Crippen molar-refractivity contribution in [2.45, 2.75) is 23.9 Å². The highest BCUT2D eigenvalue weighted by Gasteiger charge is 2.20. The van der Waals surface area contributed by atoms with Gasteiger partial charge < -0.3 is 15.1 Å². The van der Waals surface area contributed by atoms with Crippen molar-refractivity contribution in [3.63, 3.8) is 0 Å². The van der Waals surface area contributed by atoms with Crippen molar-refractivity contribution in [1.82, 2.24) is 15.3 Å². The molecule has 200 valence electrons.